The minimum atomic E-state index is -0.572. The molecule has 6 rings (SSSR count). The van der Waals surface area contributed by atoms with Crippen LogP contribution in [0.4, 0.5) is 10.8 Å². The van der Waals surface area contributed by atoms with Crippen LogP contribution in [-0.2, 0) is 9.59 Å². The van der Waals surface area contributed by atoms with Gasteiger partial charge in [0.05, 0.1) is 12.8 Å². The monoisotopic (exact) mass is 710 g/mol. The van der Waals surface area contributed by atoms with Crippen LogP contribution in [0.25, 0.3) is 17.3 Å². The molecule has 1 unspecified atom stereocenters. The molecule has 0 aliphatic heterocycles. The summed E-state index contributed by atoms with van der Waals surface area (Å²) in [7, 11) is 1.62. The Hall–Kier alpha value is -5.97. The van der Waals surface area contributed by atoms with Crippen LogP contribution in [0.3, 0.4) is 0 Å². The van der Waals surface area contributed by atoms with Crippen molar-refractivity contribution in [3.8, 4) is 17.0 Å². The van der Waals surface area contributed by atoms with Crippen molar-refractivity contribution in [1.82, 2.24) is 10.3 Å². The molecule has 0 bridgehead atoms. The lowest BCUT2D eigenvalue weighted by molar-refractivity contribution is -0.116. The van der Waals surface area contributed by atoms with Crippen molar-refractivity contribution in [3.63, 3.8) is 0 Å². The van der Waals surface area contributed by atoms with E-state index in [9.17, 15) is 14.4 Å². The zero-order valence-electron chi connectivity index (χ0n) is 27.8. The third kappa shape index (κ3) is 9.39. The van der Waals surface area contributed by atoms with E-state index in [4.69, 9.17) is 4.74 Å². The summed E-state index contributed by atoms with van der Waals surface area (Å²) >= 11 is 2.75. The van der Waals surface area contributed by atoms with E-state index in [-0.39, 0.29) is 11.6 Å². The fourth-order valence-electron chi connectivity index (χ4n) is 5.12. The summed E-state index contributed by atoms with van der Waals surface area (Å²) in [5.41, 5.74) is 5.39. The summed E-state index contributed by atoms with van der Waals surface area (Å²) in [6, 6.07) is 40.8. The maximum absolute atomic E-state index is 13.7. The normalized spacial score (nSPS) is 11.7. The predicted molar refractivity (Wildman–Crippen MR) is 206 cm³/mol. The van der Waals surface area contributed by atoms with Crippen molar-refractivity contribution in [3.05, 3.63) is 167 Å². The Morgan fingerprint density at radius 3 is 2.20 bits per heavy atom. The van der Waals surface area contributed by atoms with Crippen LogP contribution in [-0.4, -0.2) is 29.8 Å². The van der Waals surface area contributed by atoms with Crippen LogP contribution < -0.4 is 20.7 Å². The molecule has 8 nitrogen and oxygen atoms in total. The predicted octanol–water partition coefficient (Wildman–Crippen LogP) is 9.01. The van der Waals surface area contributed by atoms with Gasteiger partial charge in [0, 0.05) is 27.1 Å². The van der Waals surface area contributed by atoms with Crippen LogP contribution >= 0.6 is 23.1 Å². The Bertz CT molecular complexity index is 2150. The topological polar surface area (TPSA) is 109 Å². The molecule has 0 saturated carbocycles. The number of carbonyl (C=O) groups is 3. The number of nitrogens with one attached hydrogen (secondary N) is 3. The van der Waals surface area contributed by atoms with E-state index in [0.717, 1.165) is 38.6 Å². The van der Waals surface area contributed by atoms with Crippen molar-refractivity contribution in [2.24, 2.45) is 0 Å². The van der Waals surface area contributed by atoms with Crippen LogP contribution in [0.5, 0.6) is 5.75 Å². The number of anilines is 2. The van der Waals surface area contributed by atoms with Crippen molar-refractivity contribution in [2.75, 3.05) is 17.7 Å². The van der Waals surface area contributed by atoms with Gasteiger partial charge in [-0.1, -0.05) is 78.4 Å². The fraction of sp³-hybridized carbons (Fsp3) is 0.0732. The van der Waals surface area contributed by atoms with Gasteiger partial charge in [-0.2, -0.15) is 0 Å². The summed E-state index contributed by atoms with van der Waals surface area (Å²) in [5, 5.41) is 10.5. The first kappa shape index (κ1) is 34.9. The van der Waals surface area contributed by atoms with E-state index in [1.807, 2.05) is 109 Å². The highest BCUT2D eigenvalue weighted by Gasteiger charge is 2.24. The largest absolute Gasteiger partial charge is 0.497 e. The Kier molecular flexibility index (Phi) is 11.4. The average Bonchev–Trinajstić information content (AvgIpc) is 3.63. The number of hydrogen-bond acceptors (Lipinski definition) is 7. The molecule has 0 aliphatic rings. The molecule has 0 saturated heterocycles. The van der Waals surface area contributed by atoms with Gasteiger partial charge in [0.1, 0.15) is 16.7 Å². The molecule has 6 aromatic rings. The number of rotatable bonds is 12. The molecular weight excluding hydrogens is 677 g/mol. The van der Waals surface area contributed by atoms with Gasteiger partial charge in [-0.3, -0.25) is 14.4 Å². The number of nitrogens with zero attached hydrogens (tertiary/aromatic N) is 1. The second kappa shape index (κ2) is 16.6. The third-order valence-corrected chi connectivity index (χ3v) is 9.73. The maximum Gasteiger partial charge on any atom is 0.272 e. The molecule has 1 atom stereocenters. The van der Waals surface area contributed by atoms with Crippen LogP contribution in [0.1, 0.15) is 32.3 Å². The molecule has 5 aromatic carbocycles. The number of methoxy groups -OCH3 is 1. The first-order chi connectivity index (χ1) is 24.8. The van der Waals surface area contributed by atoms with E-state index >= 15 is 0 Å². The molecule has 10 heteroatoms. The minimum absolute atomic E-state index is 0.103. The van der Waals surface area contributed by atoms with E-state index in [1.54, 1.807) is 49.6 Å². The van der Waals surface area contributed by atoms with Gasteiger partial charge >= 0.3 is 0 Å². The van der Waals surface area contributed by atoms with Gasteiger partial charge in [-0.05, 0) is 84.8 Å². The summed E-state index contributed by atoms with van der Waals surface area (Å²) in [5.74, 6) is -0.316. The quantitative estimate of drug-likeness (QED) is 0.0864. The van der Waals surface area contributed by atoms with Gasteiger partial charge < -0.3 is 20.7 Å². The lowest BCUT2D eigenvalue weighted by Gasteiger charge is -2.17. The molecule has 3 amide bonds. The number of benzene rings is 5. The number of aromatic nitrogens is 1. The van der Waals surface area contributed by atoms with Crippen LogP contribution in [0, 0.1) is 6.92 Å². The summed E-state index contributed by atoms with van der Waals surface area (Å²) in [6.45, 7) is 1.96. The zero-order chi connectivity index (χ0) is 35.6. The number of amides is 3. The van der Waals surface area contributed by atoms with E-state index < -0.39 is 17.1 Å². The molecule has 1 aromatic heterocycles. The number of hydrogen-bond donors (Lipinski definition) is 3. The van der Waals surface area contributed by atoms with Crippen molar-refractivity contribution in [2.45, 2.75) is 17.1 Å². The third-order valence-electron chi connectivity index (χ3n) is 7.71. The highest BCUT2D eigenvalue weighted by molar-refractivity contribution is 8.00. The lowest BCUT2D eigenvalue weighted by atomic mass is 10.1. The van der Waals surface area contributed by atoms with E-state index in [1.165, 1.54) is 23.1 Å². The van der Waals surface area contributed by atoms with Crippen molar-refractivity contribution < 1.29 is 19.1 Å². The molecule has 3 N–H and O–H groups in total. The Labute approximate surface area is 304 Å². The first-order valence-electron chi connectivity index (χ1n) is 16.0. The minimum Gasteiger partial charge on any atom is -0.497 e. The van der Waals surface area contributed by atoms with E-state index in [2.05, 4.69) is 20.9 Å². The summed E-state index contributed by atoms with van der Waals surface area (Å²) in [4.78, 5) is 45.7. The maximum atomic E-state index is 13.7. The molecular formula is C41H34N4O4S2. The van der Waals surface area contributed by atoms with Gasteiger partial charge in [0.2, 0.25) is 5.91 Å². The van der Waals surface area contributed by atoms with Crippen molar-refractivity contribution >= 4 is 57.7 Å². The molecule has 0 spiro atoms. The summed E-state index contributed by atoms with van der Waals surface area (Å²) < 4.78 is 5.25. The lowest BCUT2D eigenvalue weighted by Crippen LogP contribution is -2.30. The molecule has 51 heavy (non-hydrogen) atoms. The Morgan fingerprint density at radius 1 is 0.804 bits per heavy atom. The first-order valence-corrected chi connectivity index (χ1v) is 17.8. The second-order valence-electron chi connectivity index (χ2n) is 11.4. The highest BCUT2D eigenvalue weighted by atomic mass is 32.2. The Morgan fingerprint density at radius 2 is 1.51 bits per heavy atom. The number of aryl methyl sites for hydroxylation is 1. The van der Waals surface area contributed by atoms with Gasteiger partial charge in [0.25, 0.3) is 11.8 Å². The van der Waals surface area contributed by atoms with E-state index in [0.29, 0.717) is 16.4 Å². The number of thioether (sulfide) groups is 1. The smallest absolute Gasteiger partial charge is 0.272 e. The molecule has 0 radical (unpaired) electrons. The van der Waals surface area contributed by atoms with Gasteiger partial charge in [-0.25, -0.2) is 4.98 Å². The molecule has 254 valence electrons. The number of ether oxygens (including phenoxy) is 1. The van der Waals surface area contributed by atoms with Gasteiger partial charge in [0.15, 0.2) is 5.13 Å². The van der Waals surface area contributed by atoms with Gasteiger partial charge in [-0.15, -0.1) is 23.1 Å². The molecule has 0 fully saturated rings. The molecule has 0 aliphatic carbocycles. The summed E-state index contributed by atoms with van der Waals surface area (Å²) in [6.07, 6.45) is 1.65. The van der Waals surface area contributed by atoms with Crippen LogP contribution in [0.2, 0.25) is 0 Å². The highest BCUT2D eigenvalue weighted by Crippen LogP contribution is 2.37. The zero-order valence-corrected chi connectivity index (χ0v) is 29.5. The average molecular weight is 711 g/mol. The standard InChI is InChI=1S/C41H34N4O4S2/c1-27-10-9-11-28(24-27)25-35(43-38(46)31-14-7-4-8-15-31)39(47)42-32-18-22-34(23-19-32)51-37(30-12-5-3-6-13-30)40(48)45-41-44-36(26-50-41)29-16-20-33(49-2)21-17-29/h3-26,37H,1-2H3,(H,42,47)(H,43,46)(H,44,45,48)/b35-25-. The SMILES string of the molecule is COc1ccc(-c2csc(NC(=O)C(Sc3ccc(NC(=O)/C(=C/c4cccc(C)c4)NC(=O)c4ccccc4)cc3)c3ccccc3)n2)cc1. The molecule has 1 heterocycles. The van der Waals surface area contributed by atoms with Crippen LogP contribution in [0.15, 0.2) is 149 Å². The number of thiazole rings is 1. The number of carbonyl (C=O) groups excluding carboxylic acids is 3. The fourth-order valence-corrected chi connectivity index (χ4v) is 6.86. The van der Waals surface area contributed by atoms with Crippen molar-refractivity contribution in [1.29, 1.82) is 0 Å². The Balaban J connectivity index is 1.16. The second-order valence-corrected chi connectivity index (χ2v) is 13.5.